The lowest BCUT2D eigenvalue weighted by atomic mass is 10.1. The van der Waals surface area contributed by atoms with Crippen LogP contribution in [0.5, 0.6) is 0 Å². The Morgan fingerprint density at radius 1 is 1.32 bits per heavy atom. The predicted molar refractivity (Wildman–Crippen MR) is 86.4 cm³/mol. The molecule has 1 fully saturated rings. The van der Waals surface area contributed by atoms with Gasteiger partial charge in [0.15, 0.2) is 6.10 Å². The molecule has 1 aliphatic carbocycles. The molecule has 1 aromatic carbocycles. The van der Waals surface area contributed by atoms with Crippen LogP contribution in [-0.4, -0.2) is 41.2 Å². The van der Waals surface area contributed by atoms with Crippen molar-refractivity contribution in [1.82, 2.24) is 4.90 Å². The van der Waals surface area contributed by atoms with Crippen LogP contribution in [0.3, 0.4) is 0 Å². The molecule has 4 heteroatoms. The van der Waals surface area contributed by atoms with Gasteiger partial charge in [0.2, 0.25) is 0 Å². The number of rotatable bonds is 6. The van der Waals surface area contributed by atoms with Crippen LogP contribution < -0.4 is 0 Å². The number of ether oxygens (including phenoxy) is 1. The van der Waals surface area contributed by atoms with Crippen molar-refractivity contribution in [1.29, 1.82) is 0 Å². The van der Waals surface area contributed by atoms with Gasteiger partial charge in [-0.1, -0.05) is 30.3 Å². The molecule has 1 saturated carbocycles. The minimum Gasteiger partial charge on any atom is -0.391 e. The van der Waals surface area contributed by atoms with Crippen molar-refractivity contribution >= 4 is 5.91 Å². The fourth-order valence-corrected chi connectivity index (χ4v) is 2.44. The first-order chi connectivity index (χ1) is 10.3. The summed E-state index contributed by atoms with van der Waals surface area (Å²) in [5, 5.41) is 10.1. The maximum atomic E-state index is 12.8. The Morgan fingerprint density at radius 3 is 2.41 bits per heavy atom. The molecule has 0 aliphatic heterocycles. The molecule has 4 nitrogen and oxygen atoms in total. The van der Waals surface area contributed by atoms with Gasteiger partial charge in [0, 0.05) is 13.6 Å². The Morgan fingerprint density at radius 2 is 1.91 bits per heavy atom. The molecule has 0 radical (unpaired) electrons. The van der Waals surface area contributed by atoms with Crippen LogP contribution in [0.1, 0.15) is 45.3 Å². The zero-order valence-electron chi connectivity index (χ0n) is 14.0. The number of amides is 1. The van der Waals surface area contributed by atoms with E-state index in [1.165, 1.54) is 0 Å². The first-order valence-corrected chi connectivity index (χ1v) is 7.94. The van der Waals surface area contributed by atoms with Gasteiger partial charge in [-0.25, -0.2) is 0 Å². The van der Waals surface area contributed by atoms with Gasteiger partial charge in [0.05, 0.1) is 11.7 Å². The molecular formula is C18H27NO3. The first-order valence-electron chi connectivity index (χ1n) is 7.94. The molecule has 2 unspecified atom stereocenters. The second-order valence-corrected chi connectivity index (χ2v) is 7.14. The van der Waals surface area contributed by atoms with Gasteiger partial charge in [-0.2, -0.15) is 0 Å². The van der Waals surface area contributed by atoms with Crippen LogP contribution in [-0.2, 0) is 9.53 Å². The van der Waals surface area contributed by atoms with Crippen molar-refractivity contribution in [2.24, 2.45) is 5.92 Å². The lowest BCUT2D eigenvalue weighted by Gasteiger charge is -2.31. The highest BCUT2D eigenvalue weighted by atomic mass is 16.5. The zero-order valence-corrected chi connectivity index (χ0v) is 14.0. The summed E-state index contributed by atoms with van der Waals surface area (Å²) in [5.74, 6) is 0.245. The summed E-state index contributed by atoms with van der Waals surface area (Å²) in [4.78, 5) is 14.4. The lowest BCUT2D eigenvalue weighted by molar-refractivity contribution is -0.154. The van der Waals surface area contributed by atoms with Crippen molar-refractivity contribution in [2.45, 2.75) is 51.4 Å². The average molecular weight is 305 g/mol. The topological polar surface area (TPSA) is 49.8 Å². The monoisotopic (exact) mass is 305 g/mol. The molecule has 122 valence electrons. The van der Waals surface area contributed by atoms with Crippen molar-refractivity contribution < 1.29 is 14.6 Å². The number of hydrogen-bond acceptors (Lipinski definition) is 3. The predicted octanol–water partition coefficient (Wildman–Crippen LogP) is 2.77. The summed E-state index contributed by atoms with van der Waals surface area (Å²) < 4.78 is 5.99. The van der Waals surface area contributed by atoms with Gasteiger partial charge in [-0.15, -0.1) is 0 Å². The van der Waals surface area contributed by atoms with Gasteiger partial charge in [0.25, 0.3) is 5.91 Å². The van der Waals surface area contributed by atoms with Gasteiger partial charge < -0.3 is 14.7 Å². The number of likely N-dealkylation sites (N-methyl/N-ethyl adjacent to an activating group) is 1. The quantitative estimate of drug-likeness (QED) is 0.879. The van der Waals surface area contributed by atoms with Crippen LogP contribution in [0.2, 0.25) is 0 Å². The molecule has 0 bridgehead atoms. The summed E-state index contributed by atoms with van der Waals surface area (Å²) >= 11 is 0. The Balaban J connectivity index is 2.11. The number of aliphatic hydroxyl groups excluding tert-OH is 1. The van der Waals surface area contributed by atoms with Gasteiger partial charge >= 0.3 is 0 Å². The van der Waals surface area contributed by atoms with E-state index < -0.39 is 17.8 Å². The number of aliphatic hydroxyl groups is 1. The molecule has 2 rings (SSSR count). The van der Waals surface area contributed by atoms with E-state index >= 15 is 0 Å². The highest BCUT2D eigenvalue weighted by Crippen LogP contribution is 2.33. The fraction of sp³-hybridized carbons (Fsp3) is 0.611. The van der Waals surface area contributed by atoms with Crippen LogP contribution in [0, 0.1) is 5.92 Å². The maximum absolute atomic E-state index is 12.8. The Kier molecular flexibility index (Phi) is 5.24. The SMILES string of the molecule is CN(CC(O)C1CC1)C(=O)C(OC(C)(C)C)c1ccccc1. The Hall–Kier alpha value is -1.39. The number of carbonyl (C=O) groups excluding carboxylic acids is 1. The standard InChI is InChI=1S/C18H27NO3/c1-18(2,3)22-16(14-8-6-5-7-9-14)17(21)19(4)12-15(20)13-10-11-13/h5-9,13,15-16,20H,10-12H2,1-4H3. The van der Waals surface area contributed by atoms with Gasteiger partial charge in [-0.05, 0) is 45.1 Å². The largest absolute Gasteiger partial charge is 0.391 e. The van der Waals surface area contributed by atoms with Crippen LogP contribution in [0.4, 0.5) is 0 Å². The summed E-state index contributed by atoms with van der Waals surface area (Å²) in [6.45, 7) is 6.18. The van der Waals surface area contributed by atoms with E-state index in [-0.39, 0.29) is 5.91 Å². The second kappa shape index (κ2) is 6.80. The first kappa shape index (κ1) is 17.0. The average Bonchev–Trinajstić information content (AvgIpc) is 3.28. The minimum absolute atomic E-state index is 0.110. The number of hydrogen-bond donors (Lipinski definition) is 1. The van der Waals surface area contributed by atoms with Crippen molar-refractivity contribution in [2.75, 3.05) is 13.6 Å². The third kappa shape index (κ3) is 4.82. The second-order valence-electron chi connectivity index (χ2n) is 7.14. The molecule has 0 aromatic heterocycles. The van der Waals surface area contributed by atoms with Crippen LogP contribution in [0.15, 0.2) is 30.3 Å². The van der Waals surface area contributed by atoms with E-state index in [2.05, 4.69) is 0 Å². The zero-order chi connectivity index (χ0) is 16.3. The van der Waals surface area contributed by atoms with Crippen molar-refractivity contribution in [3.05, 3.63) is 35.9 Å². The molecule has 1 amide bonds. The minimum atomic E-state index is -0.641. The van der Waals surface area contributed by atoms with Gasteiger partial charge in [-0.3, -0.25) is 4.79 Å². The molecule has 0 heterocycles. The van der Waals surface area contributed by atoms with E-state index in [1.807, 2.05) is 51.1 Å². The molecule has 0 saturated heterocycles. The molecule has 2 atom stereocenters. The lowest BCUT2D eigenvalue weighted by Crippen LogP contribution is -2.40. The normalized spacial score (nSPS) is 17.9. The van der Waals surface area contributed by atoms with E-state index in [1.54, 1.807) is 11.9 Å². The summed E-state index contributed by atoms with van der Waals surface area (Å²) in [7, 11) is 1.73. The molecule has 22 heavy (non-hydrogen) atoms. The smallest absolute Gasteiger partial charge is 0.256 e. The molecular weight excluding hydrogens is 278 g/mol. The van der Waals surface area contributed by atoms with Crippen LogP contribution >= 0.6 is 0 Å². The van der Waals surface area contributed by atoms with E-state index in [4.69, 9.17) is 4.74 Å². The Labute approximate surface area is 133 Å². The maximum Gasteiger partial charge on any atom is 0.256 e. The third-order valence-corrected chi connectivity index (χ3v) is 3.80. The molecule has 1 aliphatic rings. The molecule has 0 spiro atoms. The van der Waals surface area contributed by atoms with Crippen molar-refractivity contribution in [3.8, 4) is 0 Å². The highest BCUT2D eigenvalue weighted by Gasteiger charge is 2.34. The molecule has 1 aromatic rings. The van der Waals surface area contributed by atoms with Crippen LogP contribution in [0.25, 0.3) is 0 Å². The van der Waals surface area contributed by atoms with Crippen molar-refractivity contribution in [3.63, 3.8) is 0 Å². The number of benzene rings is 1. The number of carbonyl (C=O) groups is 1. The summed E-state index contributed by atoms with van der Waals surface area (Å²) in [6, 6.07) is 9.53. The number of nitrogens with zero attached hydrogens (tertiary/aromatic N) is 1. The highest BCUT2D eigenvalue weighted by molar-refractivity contribution is 5.82. The summed E-state index contributed by atoms with van der Waals surface area (Å²) in [5.41, 5.74) is 0.418. The van der Waals surface area contributed by atoms with E-state index in [0.29, 0.717) is 12.5 Å². The molecule has 1 N–H and O–H groups in total. The van der Waals surface area contributed by atoms with E-state index in [0.717, 1.165) is 18.4 Å². The van der Waals surface area contributed by atoms with Gasteiger partial charge in [0.1, 0.15) is 0 Å². The third-order valence-electron chi connectivity index (χ3n) is 3.80. The van der Waals surface area contributed by atoms with E-state index in [9.17, 15) is 9.90 Å². The fourth-order valence-electron chi connectivity index (χ4n) is 2.44. The summed E-state index contributed by atoms with van der Waals surface area (Å²) in [6.07, 6.45) is 1.05. The Bertz CT molecular complexity index is 491.